The van der Waals surface area contributed by atoms with E-state index in [2.05, 4.69) is 46.4 Å². The molecule has 0 aliphatic carbocycles. The summed E-state index contributed by atoms with van der Waals surface area (Å²) in [6.45, 7) is 0. The topological polar surface area (TPSA) is 44.2 Å². The van der Waals surface area contributed by atoms with Crippen LogP contribution in [0, 0.1) is 0 Å². The number of benzene rings is 3. The molecule has 34 heavy (non-hydrogen) atoms. The fourth-order valence-electron chi connectivity index (χ4n) is 4.71. The predicted molar refractivity (Wildman–Crippen MR) is 139 cm³/mol. The van der Waals surface area contributed by atoms with Crippen molar-refractivity contribution in [3.8, 4) is 45.3 Å². The van der Waals surface area contributed by atoms with E-state index in [1.807, 2.05) is 54.9 Å². The van der Waals surface area contributed by atoms with Gasteiger partial charge in [0.25, 0.3) is 0 Å². The van der Waals surface area contributed by atoms with Crippen LogP contribution in [0.2, 0.25) is 0 Å². The molecule has 2 aliphatic rings. The van der Waals surface area contributed by atoms with Crippen LogP contribution in [0.4, 0.5) is 0 Å². The van der Waals surface area contributed by atoms with Crippen LogP contribution >= 0.6 is 6.04 Å². The van der Waals surface area contributed by atoms with Crippen LogP contribution in [0.3, 0.4) is 0 Å². The first-order chi connectivity index (χ1) is 16.7. The van der Waals surface area contributed by atoms with Crippen LogP contribution in [0.25, 0.3) is 22.3 Å². The number of hydrogen-bond donors (Lipinski definition) is 0. The number of aromatic nitrogens is 2. The molecule has 0 spiro atoms. The third kappa shape index (κ3) is 2.81. The standard InChI is InChI=1S/C28H17N2O2PS/c34-33-26-14-18(20-4-2-12-29-16-20)8-10-22(26)31-24-6-1-7-25(28(24)33)32-23-11-9-19(15-27(23)33)21-5-3-13-30-17-21/h1-17H. The molecule has 0 radical (unpaired) electrons. The van der Waals surface area contributed by atoms with Crippen molar-refractivity contribution in [3.63, 3.8) is 0 Å². The fraction of sp³-hybridized carbons (Fsp3) is 0. The molecule has 4 heterocycles. The summed E-state index contributed by atoms with van der Waals surface area (Å²) < 4.78 is 12.7. The van der Waals surface area contributed by atoms with Crippen molar-refractivity contribution in [2.45, 2.75) is 0 Å². The summed E-state index contributed by atoms with van der Waals surface area (Å²) in [6.07, 6.45) is 7.31. The molecule has 2 aromatic heterocycles. The second kappa shape index (κ2) is 7.36. The van der Waals surface area contributed by atoms with Gasteiger partial charge in [0, 0.05) is 46.5 Å². The third-order valence-electron chi connectivity index (χ3n) is 6.30. The normalized spacial score (nSPS) is 14.1. The highest BCUT2D eigenvalue weighted by Crippen LogP contribution is 2.59. The van der Waals surface area contributed by atoms with Gasteiger partial charge in [0.05, 0.1) is 11.3 Å². The zero-order valence-corrected chi connectivity index (χ0v) is 19.6. The fourth-order valence-corrected chi connectivity index (χ4v) is 9.21. The average Bonchev–Trinajstić information content (AvgIpc) is 2.90. The van der Waals surface area contributed by atoms with Gasteiger partial charge in [-0.15, -0.1) is 0 Å². The van der Waals surface area contributed by atoms with E-state index in [0.29, 0.717) is 0 Å². The molecule has 0 saturated heterocycles. The maximum absolute atomic E-state index is 6.70. The van der Waals surface area contributed by atoms with E-state index < -0.39 is 6.04 Å². The minimum Gasteiger partial charge on any atom is -0.456 e. The highest BCUT2D eigenvalue weighted by molar-refractivity contribution is 8.26. The van der Waals surface area contributed by atoms with E-state index in [9.17, 15) is 0 Å². The van der Waals surface area contributed by atoms with Crippen molar-refractivity contribution < 1.29 is 9.47 Å². The highest BCUT2D eigenvalue weighted by Gasteiger charge is 2.42. The van der Waals surface area contributed by atoms with Crippen LogP contribution < -0.4 is 25.4 Å². The lowest BCUT2D eigenvalue weighted by atomic mass is 10.1. The molecule has 0 bridgehead atoms. The Kier molecular flexibility index (Phi) is 4.25. The van der Waals surface area contributed by atoms with Gasteiger partial charge < -0.3 is 9.47 Å². The van der Waals surface area contributed by atoms with Crippen LogP contribution in [0.1, 0.15) is 0 Å². The zero-order chi connectivity index (χ0) is 22.7. The van der Waals surface area contributed by atoms with Gasteiger partial charge in [-0.2, -0.15) is 0 Å². The number of nitrogens with zero attached hydrogens (tertiary/aromatic N) is 2. The summed E-state index contributed by atoms with van der Waals surface area (Å²) in [5.41, 5.74) is 4.22. The molecule has 0 unspecified atom stereocenters. The number of pyridine rings is 2. The Bertz CT molecular complexity index is 1520. The lowest BCUT2D eigenvalue weighted by Gasteiger charge is -2.37. The Hall–Kier alpha value is -3.79. The number of ether oxygens (including phenoxy) is 2. The molecule has 0 N–H and O–H groups in total. The van der Waals surface area contributed by atoms with E-state index >= 15 is 0 Å². The average molecular weight is 476 g/mol. The van der Waals surface area contributed by atoms with E-state index in [-0.39, 0.29) is 0 Å². The minimum absolute atomic E-state index is 0.778. The summed E-state index contributed by atoms with van der Waals surface area (Å²) in [6, 6.07) is 24.0. The van der Waals surface area contributed by atoms with Gasteiger partial charge in [-0.05, 0) is 59.7 Å². The maximum Gasteiger partial charge on any atom is 0.140 e. The highest BCUT2D eigenvalue weighted by atomic mass is 32.4. The monoisotopic (exact) mass is 476 g/mol. The van der Waals surface area contributed by atoms with Crippen molar-refractivity contribution in [2.24, 2.45) is 0 Å². The second-order valence-electron chi connectivity index (χ2n) is 8.26. The number of hydrogen-bond acceptors (Lipinski definition) is 5. The van der Waals surface area contributed by atoms with E-state index in [4.69, 9.17) is 21.3 Å². The number of rotatable bonds is 2. The van der Waals surface area contributed by atoms with Crippen LogP contribution in [0.5, 0.6) is 23.0 Å². The minimum atomic E-state index is -2.47. The molecular weight excluding hydrogens is 459 g/mol. The Balaban J connectivity index is 1.52. The number of fused-ring (bicyclic) bond motifs is 4. The van der Waals surface area contributed by atoms with Gasteiger partial charge in [-0.1, -0.05) is 42.1 Å². The molecule has 5 aromatic rings. The first-order valence-electron chi connectivity index (χ1n) is 10.9. The summed E-state index contributed by atoms with van der Waals surface area (Å²) in [5, 5.41) is 3.06. The third-order valence-corrected chi connectivity index (χ3v) is 11.2. The largest absolute Gasteiger partial charge is 0.456 e. The first-order valence-corrected chi connectivity index (χ1v) is 13.7. The predicted octanol–water partition coefficient (Wildman–Crippen LogP) is 5.78. The molecule has 0 fully saturated rings. The molecule has 7 rings (SSSR count). The maximum atomic E-state index is 6.70. The van der Waals surface area contributed by atoms with Gasteiger partial charge in [-0.25, -0.2) is 0 Å². The van der Waals surface area contributed by atoms with Gasteiger partial charge in [0.2, 0.25) is 0 Å². The first kappa shape index (κ1) is 19.7. The SMILES string of the molecule is S=P12c3cc(-c4cccnc4)ccc3Oc3cccc(c31)Oc1ccc(-c3cccnc3)cc12. The van der Waals surface area contributed by atoms with Gasteiger partial charge in [0.1, 0.15) is 23.0 Å². The van der Waals surface area contributed by atoms with Crippen LogP contribution in [-0.2, 0) is 11.8 Å². The quantitative estimate of drug-likeness (QED) is 0.296. The lowest BCUT2D eigenvalue weighted by molar-refractivity contribution is 0.466. The van der Waals surface area contributed by atoms with E-state index in [1.165, 1.54) is 0 Å². The van der Waals surface area contributed by atoms with Gasteiger partial charge in [0.15, 0.2) is 0 Å². The van der Waals surface area contributed by atoms with Crippen molar-refractivity contribution in [1.29, 1.82) is 0 Å². The molecule has 4 nitrogen and oxygen atoms in total. The Labute approximate surface area is 201 Å². The molecule has 0 amide bonds. The molecule has 0 atom stereocenters. The summed E-state index contributed by atoms with van der Waals surface area (Å²) in [4.78, 5) is 8.60. The van der Waals surface area contributed by atoms with Crippen LogP contribution in [-0.4, -0.2) is 9.97 Å². The Morgan fingerprint density at radius 3 is 1.56 bits per heavy atom. The summed E-state index contributed by atoms with van der Waals surface area (Å²) in [7, 11) is 0. The zero-order valence-electron chi connectivity index (χ0n) is 17.9. The Morgan fingerprint density at radius 2 is 1.09 bits per heavy atom. The molecule has 3 aromatic carbocycles. The molecular formula is C28H17N2O2PS. The molecule has 2 aliphatic heterocycles. The van der Waals surface area contributed by atoms with Gasteiger partial charge >= 0.3 is 0 Å². The van der Waals surface area contributed by atoms with Crippen molar-refractivity contribution >= 4 is 33.8 Å². The smallest absolute Gasteiger partial charge is 0.140 e. The second-order valence-corrected chi connectivity index (χ2v) is 12.5. The molecule has 0 saturated carbocycles. The summed E-state index contributed by atoms with van der Waals surface area (Å²) in [5.74, 6) is 3.17. The van der Waals surface area contributed by atoms with Crippen molar-refractivity contribution in [3.05, 3.63) is 104 Å². The van der Waals surface area contributed by atoms with E-state index in [1.54, 1.807) is 12.4 Å². The van der Waals surface area contributed by atoms with Gasteiger partial charge in [-0.3, -0.25) is 9.97 Å². The Morgan fingerprint density at radius 1 is 0.559 bits per heavy atom. The molecule has 162 valence electrons. The van der Waals surface area contributed by atoms with Crippen molar-refractivity contribution in [1.82, 2.24) is 9.97 Å². The van der Waals surface area contributed by atoms with Crippen LogP contribution in [0.15, 0.2) is 104 Å². The van der Waals surface area contributed by atoms with E-state index in [0.717, 1.165) is 61.2 Å². The summed E-state index contributed by atoms with van der Waals surface area (Å²) >= 11 is 6.70. The molecule has 6 heteroatoms. The lowest BCUT2D eigenvalue weighted by Crippen LogP contribution is -2.35. The van der Waals surface area contributed by atoms with Crippen molar-refractivity contribution in [2.75, 3.05) is 0 Å².